The quantitative estimate of drug-likeness (QED) is 0.340. The molecule has 1 unspecified atom stereocenters. The van der Waals surface area contributed by atoms with E-state index in [9.17, 15) is 10.1 Å². The summed E-state index contributed by atoms with van der Waals surface area (Å²) >= 11 is 15.9. The number of hydrogen-bond donors (Lipinski definition) is 0. The van der Waals surface area contributed by atoms with E-state index in [-0.39, 0.29) is 0 Å². The summed E-state index contributed by atoms with van der Waals surface area (Å²) in [6.45, 7) is 0. The Hall–Kier alpha value is 0.940. The van der Waals surface area contributed by atoms with Crippen LogP contribution in [-0.2, 0) is 0 Å². The van der Waals surface area contributed by atoms with Gasteiger partial charge in [0.05, 0.1) is 0 Å². The Kier molecular flexibility index (Phi) is 3.72. The van der Waals surface area contributed by atoms with E-state index in [1.165, 1.54) is 0 Å². The Morgan fingerprint density at radius 1 is 1.67 bits per heavy atom. The van der Waals surface area contributed by atoms with E-state index < -0.39 is 13.1 Å². The molecule has 0 spiro atoms. The Bertz CT molecular complexity index is 124. The van der Waals surface area contributed by atoms with E-state index in [0.29, 0.717) is 0 Å². The summed E-state index contributed by atoms with van der Waals surface area (Å²) in [5, 5.41) is 9.91. The van der Waals surface area contributed by atoms with E-state index in [1.807, 2.05) is 0 Å². The molecule has 0 radical (unpaired) electrons. The van der Waals surface area contributed by atoms with Crippen LogP contribution in [0.5, 0.6) is 0 Å². The molecule has 0 aromatic rings. The molecule has 0 aromatic heterocycles. The van der Waals surface area contributed by atoms with E-state index in [2.05, 4.69) is 31.9 Å². The summed E-state index contributed by atoms with van der Waals surface area (Å²) in [7, 11) is 0. The van der Waals surface area contributed by atoms with Gasteiger partial charge < -0.3 is 0 Å². The lowest BCUT2D eigenvalue weighted by atomic mass is 10.8. The van der Waals surface area contributed by atoms with Crippen LogP contribution in [0.1, 0.15) is 0 Å². The molecule has 0 heterocycles. The standard InChI is InChI=1S/C2HBr2Cl2NO2/c3-1(7(8)9)2(4,5)6/h1H. The van der Waals surface area contributed by atoms with Crippen molar-refractivity contribution in [3.8, 4) is 0 Å². The normalized spacial score (nSPS) is 15.1. The lowest BCUT2D eigenvalue weighted by Gasteiger charge is -2.09. The van der Waals surface area contributed by atoms with E-state index in [4.69, 9.17) is 23.2 Å². The fourth-order valence-electron chi connectivity index (χ4n) is 0.120. The molecule has 0 aliphatic carbocycles. The van der Waals surface area contributed by atoms with Crippen LogP contribution in [0.4, 0.5) is 0 Å². The van der Waals surface area contributed by atoms with Gasteiger partial charge in [0.25, 0.3) is 0 Å². The van der Waals surface area contributed by atoms with E-state index >= 15 is 0 Å². The first-order valence-electron chi connectivity index (χ1n) is 1.70. The van der Waals surface area contributed by atoms with Gasteiger partial charge in [-0.05, 0) is 15.9 Å². The van der Waals surface area contributed by atoms with Gasteiger partial charge in [-0.3, -0.25) is 10.1 Å². The van der Waals surface area contributed by atoms with Crippen molar-refractivity contribution < 1.29 is 4.92 Å². The maximum Gasteiger partial charge on any atom is 0.308 e. The fraction of sp³-hybridized carbons (Fsp3) is 1.00. The molecule has 0 N–H and O–H groups in total. The number of halogens is 4. The van der Waals surface area contributed by atoms with Crippen molar-refractivity contribution in [1.29, 1.82) is 0 Å². The lowest BCUT2D eigenvalue weighted by molar-refractivity contribution is -0.490. The van der Waals surface area contributed by atoms with Gasteiger partial charge in [0, 0.05) is 20.9 Å². The number of alkyl halides is 4. The van der Waals surface area contributed by atoms with E-state index in [0.717, 1.165) is 0 Å². The highest BCUT2D eigenvalue weighted by Crippen LogP contribution is 2.36. The summed E-state index contributed by atoms with van der Waals surface area (Å²) in [4.78, 5) is 8.06. The van der Waals surface area contributed by atoms with Gasteiger partial charge >= 0.3 is 4.95 Å². The Labute approximate surface area is 78.1 Å². The minimum atomic E-state index is -1.55. The minimum Gasteiger partial charge on any atom is -0.263 e. The highest BCUT2D eigenvalue weighted by atomic mass is 79.9. The predicted octanol–water partition coefficient (Wildman–Crippen LogP) is 2.51. The highest BCUT2D eigenvalue weighted by Gasteiger charge is 2.39. The molecule has 0 aromatic carbocycles. The third kappa shape index (κ3) is 3.60. The third-order valence-corrected chi connectivity index (χ3v) is 3.46. The molecule has 0 saturated heterocycles. The average Bonchev–Trinajstić information content (AvgIpc) is 1.62. The lowest BCUT2D eigenvalue weighted by Crippen LogP contribution is -2.26. The van der Waals surface area contributed by atoms with Gasteiger partial charge in [-0.2, -0.15) is 0 Å². The molecule has 0 fully saturated rings. The Morgan fingerprint density at radius 3 is 2.00 bits per heavy atom. The number of nitrogens with zero attached hydrogens (tertiary/aromatic N) is 1. The van der Waals surface area contributed by atoms with Crippen LogP contribution in [0.15, 0.2) is 0 Å². The number of hydrogen-bond acceptors (Lipinski definition) is 2. The molecule has 1 atom stereocenters. The van der Waals surface area contributed by atoms with Gasteiger partial charge in [0.1, 0.15) is 0 Å². The smallest absolute Gasteiger partial charge is 0.263 e. The maximum atomic E-state index is 9.91. The second kappa shape index (κ2) is 3.37. The molecule has 0 amide bonds. The molecule has 7 heteroatoms. The first kappa shape index (κ1) is 9.94. The zero-order chi connectivity index (χ0) is 7.65. The van der Waals surface area contributed by atoms with Gasteiger partial charge in [-0.25, -0.2) is 0 Å². The van der Waals surface area contributed by atoms with Crippen LogP contribution in [0.25, 0.3) is 0 Å². The molecule has 9 heavy (non-hydrogen) atoms. The molecule has 3 nitrogen and oxygen atoms in total. The molecular weight excluding hydrogens is 301 g/mol. The largest absolute Gasteiger partial charge is 0.308 e. The van der Waals surface area contributed by atoms with E-state index in [1.54, 1.807) is 0 Å². The highest BCUT2D eigenvalue weighted by molar-refractivity contribution is 9.13. The number of rotatable bonds is 2. The zero-order valence-corrected chi connectivity index (χ0v) is 8.54. The summed E-state index contributed by atoms with van der Waals surface area (Å²) in [6, 6.07) is 0. The van der Waals surface area contributed by atoms with Crippen LogP contribution in [-0.4, -0.2) is 13.1 Å². The molecule has 0 aliphatic heterocycles. The topological polar surface area (TPSA) is 43.1 Å². The average molecular weight is 302 g/mol. The van der Waals surface area contributed by atoms with Crippen molar-refractivity contribution in [3.63, 3.8) is 0 Å². The van der Waals surface area contributed by atoms with Crippen molar-refractivity contribution in [2.24, 2.45) is 0 Å². The van der Waals surface area contributed by atoms with Gasteiger partial charge in [-0.15, -0.1) is 0 Å². The van der Waals surface area contributed by atoms with Crippen LogP contribution in [0.2, 0.25) is 0 Å². The van der Waals surface area contributed by atoms with Gasteiger partial charge in [-0.1, -0.05) is 23.2 Å². The SMILES string of the molecule is O=[N+]([O-])C(Br)C(Cl)(Cl)Br. The van der Waals surface area contributed by atoms with Gasteiger partial charge in [0.2, 0.25) is 3.24 Å². The summed E-state index contributed by atoms with van der Waals surface area (Å²) < 4.78 is -1.55. The number of nitro groups is 1. The first-order valence-corrected chi connectivity index (χ1v) is 4.16. The zero-order valence-electron chi connectivity index (χ0n) is 3.85. The molecule has 0 aliphatic rings. The maximum absolute atomic E-state index is 9.91. The first-order chi connectivity index (χ1) is 3.85. The van der Waals surface area contributed by atoms with Crippen molar-refractivity contribution in [3.05, 3.63) is 10.1 Å². The van der Waals surface area contributed by atoms with Crippen molar-refractivity contribution in [1.82, 2.24) is 0 Å². The van der Waals surface area contributed by atoms with Crippen LogP contribution in [0, 0.1) is 10.1 Å². The van der Waals surface area contributed by atoms with Crippen LogP contribution in [0.3, 0.4) is 0 Å². The molecule has 0 saturated carbocycles. The summed E-state index contributed by atoms with van der Waals surface area (Å²) in [6.07, 6.45) is 0. The second-order valence-electron chi connectivity index (χ2n) is 1.16. The fourth-order valence-corrected chi connectivity index (χ4v) is 0.446. The summed E-state index contributed by atoms with van der Waals surface area (Å²) in [5.41, 5.74) is 0. The van der Waals surface area contributed by atoms with Crippen molar-refractivity contribution in [2.45, 2.75) is 8.19 Å². The third-order valence-electron chi connectivity index (χ3n) is 0.455. The molecular formula is C2HBr2Cl2NO2. The molecule has 54 valence electrons. The monoisotopic (exact) mass is 299 g/mol. The summed E-state index contributed by atoms with van der Waals surface area (Å²) in [5.74, 6) is 0. The van der Waals surface area contributed by atoms with Crippen LogP contribution >= 0.6 is 55.1 Å². The Balaban J connectivity index is 4.04. The molecule has 0 rings (SSSR count). The van der Waals surface area contributed by atoms with Crippen LogP contribution < -0.4 is 0 Å². The Morgan fingerprint density at radius 2 is 2.00 bits per heavy atom. The van der Waals surface area contributed by atoms with Crippen molar-refractivity contribution >= 4 is 55.1 Å². The second-order valence-corrected chi connectivity index (χ2v) is 5.58. The predicted molar refractivity (Wildman–Crippen MR) is 43.1 cm³/mol. The van der Waals surface area contributed by atoms with Gasteiger partial charge in [0.15, 0.2) is 0 Å². The van der Waals surface area contributed by atoms with Crippen molar-refractivity contribution in [2.75, 3.05) is 0 Å². The molecule has 0 bridgehead atoms. The minimum absolute atomic E-state index is 0.644.